The van der Waals surface area contributed by atoms with Gasteiger partial charge in [0.15, 0.2) is 0 Å². The zero-order valence-corrected chi connectivity index (χ0v) is 15.5. The van der Waals surface area contributed by atoms with E-state index in [-0.39, 0.29) is 6.10 Å². The Hall–Kier alpha value is -0.0800. The maximum atomic E-state index is 10.1. The van der Waals surface area contributed by atoms with Crippen LogP contribution >= 0.6 is 0 Å². The fourth-order valence-corrected chi connectivity index (χ4v) is 4.25. The van der Waals surface area contributed by atoms with Gasteiger partial charge in [-0.2, -0.15) is 0 Å². The first-order chi connectivity index (χ1) is 11.1. The molecule has 0 radical (unpaired) electrons. The van der Waals surface area contributed by atoms with Gasteiger partial charge < -0.3 is 10.2 Å². The first-order valence-electron chi connectivity index (χ1n) is 10.4. The molecule has 1 atom stereocenters. The van der Waals surface area contributed by atoms with E-state index in [4.69, 9.17) is 5.11 Å². The summed E-state index contributed by atoms with van der Waals surface area (Å²) in [5.74, 6) is 0. The second-order valence-electron chi connectivity index (χ2n) is 8.68. The highest BCUT2D eigenvalue weighted by Crippen LogP contribution is 2.53. The second kappa shape index (κ2) is 9.42. The first kappa shape index (κ1) is 19.2. The molecule has 136 valence electrons. The Morgan fingerprint density at radius 1 is 0.739 bits per heavy atom. The van der Waals surface area contributed by atoms with E-state index in [1.165, 1.54) is 83.5 Å². The van der Waals surface area contributed by atoms with Crippen molar-refractivity contribution in [3.63, 3.8) is 0 Å². The summed E-state index contributed by atoms with van der Waals surface area (Å²) in [7, 11) is 0. The van der Waals surface area contributed by atoms with Crippen molar-refractivity contribution in [1.29, 1.82) is 0 Å². The largest absolute Gasteiger partial charge is 0.396 e. The van der Waals surface area contributed by atoms with Crippen LogP contribution in [0.3, 0.4) is 0 Å². The van der Waals surface area contributed by atoms with E-state index in [1.54, 1.807) is 0 Å². The van der Waals surface area contributed by atoms with E-state index < -0.39 is 0 Å². The third-order valence-corrected chi connectivity index (χ3v) is 6.80. The van der Waals surface area contributed by atoms with Crippen molar-refractivity contribution in [2.24, 2.45) is 10.8 Å². The summed E-state index contributed by atoms with van der Waals surface area (Å²) < 4.78 is 0. The standard InChI is InChI=1S/C21H40O2/c1-2-20(13-14-20)11-7-3-5-9-19(23)10-6-4-8-12-21(15-16-21)17-18-22/h19,22-23H,2-18H2,1H3. The van der Waals surface area contributed by atoms with Crippen molar-refractivity contribution < 1.29 is 10.2 Å². The molecule has 2 fully saturated rings. The highest BCUT2D eigenvalue weighted by molar-refractivity contribution is 4.92. The molecule has 2 rings (SSSR count). The molecule has 2 N–H and O–H groups in total. The fourth-order valence-electron chi connectivity index (χ4n) is 4.25. The van der Waals surface area contributed by atoms with Gasteiger partial charge in [-0.05, 0) is 68.6 Å². The average Bonchev–Trinajstić information content (AvgIpc) is 3.45. The van der Waals surface area contributed by atoms with Crippen LogP contribution in [0.2, 0.25) is 0 Å². The van der Waals surface area contributed by atoms with Gasteiger partial charge in [0.25, 0.3) is 0 Å². The lowest BCUT2D eigenvalue weighted by molar-refractivity contribution is 0.146. The Morgan fingerprint density at radius 3 is 1.70 bits per heavy atom. The maximum Gasteiger partial charge on any atom is 0.0540 e. The fraction of sp³-hybridized carbons (Fsp3) is 1.00. The lowest BCUT2D eigenvalue weighted by Gasteiger charge is -2.14. The van der Waals surface area contributed by atoms with Crippen LogP contribution in [0, 0.1) is 10.8 Å². The van der Waals surface area contributed by atoms with Gasteiger partial charge in [-0.1, -0.05) is 51.9 Å². The zero-order chi connectivity index (χ0) is 16.6. The maximum absolute atomic E-state index is 10.1. The molecule has 0 amide bonds. The minimum Gasteiger partial charge on any atom is -0.396 e. The topological polar surface area (TPSA) is 40.5 Å². The molecular weight excluding hydrogens is 284 g/mol. The van der Waals surface area contributed by atoms with Crippen LogP contribution in [0.5, 0.6) is 0 Å². The SMILES string of the molecule is CCC1(CCCCCC(O)CCCCCC2(CCO)CC2)CC1. The van der Waals surface area contributed by atoms with Crippen LogP contribution < -0.4 is 0 Å². The average molecular weight is 325 g/mol. The van der Waals surface area contributed by atoms with Crippen LogP contribution in [-0.2, 0) is 0 Å². The summed E-state index contributed by atoms with van der Waals surface area (Å²) >= 11 is 0. The molecule has 2 nitrogen and oxygen atoms in total. The molecule has 23 heavy (non-hydrogen) atoms. The monoisotopic (exact) mass is 324 g/mol. The van der Waals surface area contributed by atoms with Crippen molar-refractivity contribution in [2.75, 3.05) is 6.61 Å². The number of hydrogen-bond acceptors (Lipinski definition) is 2. The normalized spacial score (nSPS) is 22.0. The zero-order valence-electron chi connectivity index (χ0n) is 15.5. The minimum absolute atomic E-state index is 0.0663. The molecule has 2 saturated carbocycles. The molecule has 0 saturated heterocycles. The summed E-state index contributed by atoms with van der Waals surface area (Å²) in [6.07, 6.45) is 20.2. The molecule has 0 spiro atoms. The van der Waals surface area contributed by atoms with E-state index in [0.717, 1.165) is 24.7 Å². The van der Waals surface area contributed by atoms with E-state index in [9.17, 15) is 5.11 Å². The van der Waals surface area contributed by atoms with Crippen LogP contribution in [0.15, 0.2) is 0 Å². The van der Waals surface area contributed by atoms with Gasteiger partial charge in [0.2, 0.25) is 0 Å². The van der Waals surface area contributed by atoms with Crippen LogP contribution in [0.1, 0.15) is 110 Å². The van der Waals surface area contributed by atoms with Crippen molar-refractivity contribution in [3.8, 4) is 0 Å². The molecule has 0 heterocycles. The van der Waals surface area contributed by atoms with Crippen LogP contribution in [-0.4, -0.2) is 22.9 Å². The number of hydrogen-bond donors (Lipinski definition) is 2. The Bertz CT molecular complexity index is 318. The molecule has 2 aliphatic carbocycles. The second-order valence-corrected chi connectivity index (χ2v) is 8.68. The third kappa shape index (κ3) is 7.13. The molecule has 0 aromatic heterocycles. The van der Waals surface area contributed by atoms with Gasteiger partial charge in [0.1, 0.15) is 0 Å². The molecule has 2 aliphatic rings. The van der Waals surface area contributed by atoms with Gasteiger partial charge in [0.05, 0.1) is 6.10 Å². The van der Waals surface area contributed by atoms with E-state index in [2.05, 4.69) is 6.92 Å². The highest BCUT2D eigenvalue weighted by atomic mass is 16.3. The molecule has 0 aliphatic heterocycles. The molecule has 0 aromatic rings. The van der Waals surface area contributed by atoms with E-state index in [1.807, 2.05) is 0 Å². The minimum atomic E-state index is -0.0663. The predicted octanol–water partition coefficient (Wildman–Crippen LogP) is 5.60. The Kier molecular flexibility index (Phi) is 7.88. The van der Waals surface area contributed by atoms with Crippen molar-refractivity contribution in [2.45, 2.75) is 116 Å². The lowest BCUT2D eigenvalue weighted by Crippen LogP contribution is -2.07. The van der Waals surface area contributed by atoms with Crippen molar-refractivity contribution in [3.05, 3.63) is 0 Å². The van der Waals surface area contributed by atoms with Gasteiger partial charge in [-0.15, -0.1) is 0 Å². The molecule has 0 aromatic carbocycles. The summed E-state index contributed by atoms with van der Waals surface area (Å²) in [5.41, 5.74) is 1.26. The number of rotatable bonds is 15. The number of aliphatic hydroxyl groups is 2. The van der Waals surface area contributed by atoms with Crippen LogP contribution in [0.4, 0.5) is 0 Å². The Morgan fingerprint density at radius 2 is 1.26 bits per heavy atom. The Balaban J connectivity index is 1.36. The number of aliphatic hydroxyl groups excluding tert-OH is 2. The molecule has 1 unspecified atom stereocenters. The van der Waals surface area contributed by atoms with Gasteiger partial charge in [-0.3, -0.25) is 0 Å². The van der Waals surface area contributed by atoms with Gasteiger partial charge in [-0.25, -0.2) is 0 Å². The Labute approximate surface area is 144 Å². The molecule has 0 bridgehead atoms. The van der Waals surface area contributed by atoms with E-state index >= 15 is 0 Å². The summed E-state index contributed by atoms with van der Waals surface area (Å²) in [6.45, 7) is 2.70. The van der Waals surface area contributed by atoms with Crippen LogP contribution in [0.25, 0.3) is 0 Å². The third-order valence-electron chi connectivity index (χ3n) is 6.80. The summed E-state index contributed by atoms with van der Waals surface area (Å²) in [5, 5.41) is 19.2. The lowest BCUT2D eigenvalue weighted by atomic mass is 9.93. The van der Waals surface area contributed by atoms with Gasteiger partial charge >= 0.3 is 0 Å². The van der Waals surface area contributed by atoms with Crippen molar-refractivity contribution in [1.82, 2.24) is 0 Å². The predicted molar refractivity (Wildman–Crippen MR) is 97.5 cm³/mol. The van der Waals surface area contributed by atoms with Crippen molar-refractivity contribution >= 4 is 0 Å². The van der Waals surface area contributed by atoms with Gasteiger partial charge in [0, 0.05) is 6.61 Å². The molecule has 2 heteroatoms. The summed E-state index contributed by atoms with van der Waals surface area (Å²) in [4.78, 5) is 0. The summed E-state index contributed by atoms with van der Waals surface area (Å²) in [6, 6.07) is 0. The smallest absolute Gasteiger partial charge is 0.0540 e. The number of unbranched alkanes of at least 4 members (excludes halogenated alkanes) is 4. The molecular formula is C21H40O2. The first-order valence-corrected chi connectivity index (χ1v) is 10.4. The van der Waals surface area contributed by atoms with E-state index in [0.29, 0.717) is 12.0 Å². The quantitative estimate of drug-likeness (QED) is 0.385. The highest BCUT2D eigenvalue weighted by Gasteiger charge is 2.40.